The Labute approximate surface area is 170 Å². The molecule has 0 fully saturated rings. The van der Waals surface area contributed by atoms with Crippen molar-refractivity contribution in [2.45, 2.75) is 11.8 Å². The highest BCUT2D eigenvalue weighted by atomic mass is 32.2. The van der Waals surface area contributed by atoms with Gasteiger partial charge in [-0.2, -0.15) is 13.5 Å². The Bertz CT molecular complexity index is 1310. The normalized spacial score (nSPS) is 11.7. The summed E-state index contributed by atoms with van der Waals surface area (Å²) in [4.78, 5) is 24.5. The zero-order valence-electron chi connectivity index (χ0n) is 15.6. The zero-order valence-corrected chi connectivity index (χ0v) is 16.4. The molecule has 3 rings (SSSR count). The summed E-state index contributed by atoms with van der Waals surface area (Å²) in [5, 5.41) is 18.3. The maximum absolute atomic E-state index is 13.0. The second-order valence-electron chi connectivity index (χ2n) is 6.18. The highest BCUT2D eigenvalue weighted by Gasteiger charge is 2.23. The number of nitrogens with two attached hydrogens (primary N) is 1. The van der Waals surface area contributed by atoms with E-state index in [2.05, 4.69) is 10.2 Å². The molecule has 11 heteroatoms. The minimum atomic E-state index is -4.36. The predicted octanol–water partition coefficient (Wildman–Crippen LogP) is 2.61. The lowest BCUT2D eigenvalue weighted by atomic mass is 10.1. The fourth-order valence-corrected chi connectivity index (χ4v) is 3.26. The van der Waals surface area contributed by atoms with Gasteiger partial charge in [-0.1, -0.05) is 18.2 Å². The number of benzene rings is 2. The lowest BCUT2D eigenvalue weighted by Crippen LogP contribution is -2.24. The van der Waals surface area contributed by atoms with Crippen molar-refractivity contribution in [1.29, 1.82) is 0 Å². The Morgan fingerprint density at radius 2 is 1.63 bits per heavy atom. The van der Waals surface area contributed by atoms with Crippen LogP contribution in [0.1, 0.15) is 15.9 Å². The molecule has 0 radical (unpaired) electrons. The molecule has 1 heterocycles. The number of amides is 1. The number of hydrogen-bond acceptors (Lipinski definition) is 7. The van der Waals surface area contributed by atoms with Crippen LogP contribution in [0.3, 0.4) is 0 Å². The van der Waals surface area contributed by atoms with Gasteiger partial charge in [0.15, 0.2) is 5.69 Å². The highest BCUT2D eigenvalue weighted by molar-refractivity contribution is 7.85. The maximum Gasteiger partial charge on any atom is 0.294 e. The molecular weight excluding hydrogens is 412 g/mol. The van der Waals surface area contributed by atoms with E-state index in [1.807, 2.05) is 0 Å². The molecule has 0 spiro atoms. The van der Waals surface area contributed by atoms with Gasteiger partial charge in [0.05, 0.1) is 16.3 Å². The molecule has 0 saturated carbocycles. The summed E-state index contributed by atoms with van der Waals surface area (Å²) in [6.45, 7) is 1.40. The van der Waals surface area contributed by atoms with Crippen LogP contribution < -0.4 is 11.3 Å². The number of para-hydroxylation sites is 1. The van der Waals surface area contributed by atoms with Crippen LogP contribution in [0.15, 0.2) is 74.5 Å². The van der Waals surface area contributed by atoms with Crippen LogP contribution in [0.5, 0.6) is 5.88 Å². The van der Waals surface area contributed by atoms with Crippen molar-refractivity contribution in [3.8, 4) is 11.6 Å². The number of hydrogen-bond donors (Lipinski definition) is 3. The van der Waals surface area contributed by atoms with Crippen LogP contribution in [0.25, 0.3) is 5.69 Å². The molecule has 10 nitrogen and oxygen atoms in total. The molecule has 0 atom stereocenters. The fourth-order valence-electron chi connectivity index (χ4n) is 2.78. The largest absolute Gasteiger partial charge is 0.494 e. The lowest BCUT2D eigenvalue weighted by molar-refractivity contribution is 0.0996. The third-order valence-corrected chi connectivity index (χ3v) is 5.10. The van der Waals surface area contributed by atoms with Crippen molar-refractivity contribution in [1.82, 2.24) is 4.57 Å². The van der Waals surface area contributed by atoms with E-state index in [-0.39, 0.29) is 33.1 Å². The summed E-state index contributed by atoms with van der Waals surface area (Å²) < 4.78 is 32.1. The van der Waals surface area contributed by atoms with Gasteiger partial charge in [-0.3, -0.25) is 14.1 Å². The average Bonchev–Trinajstić information content (AvgIpc) is 2.68. The molecule has 0 aliphatic carbocycles. The minimum Gasteiger partial charge on any atom is -0.494 e. The zero-order chi connectivity index (χ0) is 22.1. The number of aromatic hydroxyl groups is 1. The number of pyridine rings is 1. The molecule has 0 aliphatic rings. The van der Waals surface area contributed by atoms with Crippen LogP contribution in [-0.2, 0) is 10.1 Å². The standard InChI is InChI=1S/C19H16N4O6S/c1-11-15(17(20)24)18(25)23(13-5-3-2-4-6-13)19(26)16(11)22-21-12-7-9-14(10-8-12)30(27,28)29/h2-10,25H,1H3,(H2,20,24)(H,27,28,29). The molecule has 3 aromatic rings. The number of primary amides is 1. The molecule has 1 amide bonds. The summed E-state index contributed by atoms with van der Waals surface area (Å²) in [7, 11) is -4.36. The van der Waals surface area contributed by atoms with E-state index >= 15 is 0 Å². The first kappa shape index (κ1) is 20.9. The second-order valence-corrected chi connectivity index (χ2v) is 7.60. The Morgan fingerprint density at radius 3 is 2.17 bits per heavy atom. The van der Waals surface area contributed by atoms with Crippen molar-refractivity contribution < 1.29 is 22.9 Å². The van der Waals surface area contributed by atoms with Gasteiger partial charge in [-0.25, -0.2) is 4.57 Å². The predicted molar refractivity (Wildman–Crippen MR) is 107 cm³/mol. The molecule has 1 aromatic heterocycles. The van der Waals surface area contributed by atoms with Crippen molar-refractivity contribution in [3.05, 3.63) is 76.1 Å². The lowest BCUT2D eigenvalue weighted by Gasteiger charge is -2.14. The average molecular weight is 428 g/mol. The van der Waals surface area contributed by atoms with Crippen LogP contribution in [0.4, 0.5) is 11.4 Å². The van der Waals surface area contributed by atoms with Gasteiger partial charge in [-0.05, 0) is 43.3 Å². The highest BCUT2D eigenvalue weighted by Crippen LogP contribution is 2.29. The van der Waals surface area contributed by atoms with E-state index in [0.29, 0.717) is 0 Å². The summed E-state index contributed by atoms with van der Waals surface area (Å²) in [6, 6.07) is 12.9. The summed E-state index contributed by atoms with van der Waals surface area (Å²) in [5.41, 5.74) is 4.63. The SMILES string of the molecule is Cc1c(C(N)=O)c(O)n(-c2ccccc2)c(=O)c1N=Nc1ccc(S(=O)(=O)O)cc1. The molecule has 0 aliphatic heterocycles. The van der Waals surface area contributed by atoms with Crippen molar-refractivity contribution in [2.24, 2.45) is 16.0 Å². The number of carbonyl (C=O) groups excluding carboxylic acids is 1. The second kappa shape index (κ2) is 7.89. The van der Waals surface area contributed by atoms with Crippen LogP contribution in [0.2, 0.25) is 0 Å². The van der Waals surface area contributed by atoms with Gasteiger partial charge >= 0.3 is 0 Å². The third kappa shape index (κ3) is 3.97. The summed E-state index contributed by atoms with van der Waals surface area (Å²) in [6.07, 6.45) is 0. The fraction of sp³-hybridized carbons (Fsp3) is 0.0526. The van der Waals surface area contributed by atoms with Crippen molar-refractivity contribution in [2.75, 3.05) is 0 Å². The van der Waals surface area contributed by atoms with E-state index in [9.17, 15) is 23.1 Å². The van der Waals surface area contributed by atoms with Gasteiger partial charge in [0.2, 0.25) is 5.88 Å². The van der Waals surface area contributed by atoms with Crippen LogP contribution in [0, 0.1) is 6.92 Å². The van der Waals surface area contributed by atoms with E-state index in [4.69, 9.17) is 10.3 Å². The van der Waals surface area contributed by atoms with E-state index < -0.39 is 27.5 Å². The first-order chi connectivity index (χ1) is 14.1. The Morgan fingerprint density at radius 1 is 1.03 bits per heavy atom. The summed E-state index contributed by atoms with van der Waals surface area (Å²) >= 11 is 0. The van der Waals surface area contributed by atoms with Crippen LogP contribution >= 0.6 is 0 Å². The number of aromatic nitrogens is 1. The molecule has 0 unspecified atom stereocenters. The number of rotatable bonds is 5. The van der Waals surface area contributed by atoms with Crippen LogP contribution in [-0.4, -0.2) is 28.6 Å². The molecule has 30 heavy (non-hydrogen) atoms. The molecule has 0 saturated heterocycles. The number of azo groups is 1. The van der Waals surface area contributed by atoms with Gasteiger partial charge in [0.1, 0.15) is 5.56 Å². The van der Waals surface area contributed by atoms with Crippen molar-refractivity contribution >= 4 is 27.4 Å². The maximum atomic E-state index is 13.0. The van der Waals surface area contributed by atoms with Gasteiger partial charge < -0.3 is 10.8 Å². The Kier molecular flexibility index (Phi) is 5.49. The van der Waals surface area contributed by atoms with Gasteiger partial charge in [0, 0.05) is 5.56 Å². The Hall–Kier alpha value is -3.83. The van der Waals surface area contributed by atoms with Gasteiger partial charge in [-0.15, -0.1) is 5.11 Å². The number of nitrogens with zero attached hydrogens (tertiary/aromatic N) is 3. The molecular formula is C19H16N4O6S. The van der Waals surface area contributed by atoms with E-state index in [1.165, 1.54) is 19.1 Å². The first-order valence-corrected chi connectivity index (χ1v) is 9.88. The molecule has 154 valence electrons. The Balaban J connectivity index is 2.17. The monoisotopic (exact) mass is 428 g/mol. The number of carbonyl (C=O) groups is 1. The topological polar surface area (TPSA) is 164 Å². The van der Waals surface area contributed by atoms with E-state index in [0.717, 1.165) is 16.7 Å². The van der Waals surface area contributed by atoms with Crippen molar-refractivity contribution in [3.63, 3.8) is 0 Å². The molecule has 4 N–H and O–H groups in total. The smallest absolute Gasteiger partial charge is 0.294 e. The minimum absolute atomic E-state index is 0.0375. The summed E-state index contributed by atoms with van der Waals surface area (Å²) in [5.74, 6) is -1.57. The molecule has 0 bridgehead atoms. The third-order valence-electron chi connectivity index (χ3n) is 4.23. The van der Waals surface area contributed by atoms with Gasteiger partial charge in [0.25, 0.3) is 21.6 Å². The first-order valence-electron chi connectivity index (χ1n) is 8.44. The van der Waals surface area contributed by atoms with E-state index in [1.54, 1.807) is 30.3 Å². The quantitative estimate of drug-likeness (QED) is 0.417. The molecule has 2 aromatic carbocycles.